The van der Waals surface area contributed by atoms with E-state index >= 15 is 0 Å². The third-order valence-corrected chi connectivity index (χ3v) is 6.83. The van der Waals surface area contributed by atoms with Crippen molar-refractivity contribution in [1.82, 2.24) is 30.4 Å². The maximum Gasteiger partial charge on any atom is 0.247 e. The molecule has 0 aliphatic rings. The van der Waals surface area contributed by atoms with Crippen LogP contribution in [0.25, 0.3) is 10.9 Å². The number of fused-ring (bicyclic) bond motifs is 1. The highest BCUT2D eigenvalue weighted by atomic mass is 35.5. The fourth-order valence-corrected chi connectivity index (χ4v) is 4.56. The van der Waals surface area contributed by atoms with Gasteiger partial charge in [0.2, 0.25) is 11.8 Å². The number of ether oxygens (including phenoxy) is 2. The quantitative estimate of drug-likeness (QED) is 0.0704. The minimum atomic E-state index is -0.484. The molecular weight excluding hydrogens is 619 g/mol. The van der Waals surface area contributed by atoms with E-state index in [1.807, 2.05) is 0 Å². The highest BCUT2D eigenvalue weighted by Crippen LogP contribution is 2.35. The van der Waals surface area contributed by atoms with Crippen LogP contribution in [-0.4, -0.2) is 42.0 Å². The van der Waals surface area contributed by atoms with Gasteiger partial charge in [0.1, 0.15) is 48.4 Å². The molecule has 13 nitrogen and oxygen atoms in total. The van der Waals surface area contributed by atoms with Crippen molar-refractivity contribution < 1.29 is 28.7 Å². The van der Waals surface area contributed by atoms with Gasteiger partial charge in [-0.1, -0.05) is 35.5 Å². The largest absolute Gasteiger partial charge is 0.487 e. The van der Waals surface area contributed by atoms with Crippen molar-refractivity contribution in [2.75, 3.05) is 10.6 Å². The molecule has 5 rings (SSSR count). The van der Waals surface area contributed by atoms with Crippen LogP contribution in [0, 0.1) is 5.82 Å². The molecule has 0 aliphatic carbocycles. The van der Waals surface area contributed by atoms with E-state index < -0.39 is 11.8 Å². The molecule has 3 aromatic carbocycles. The fraction of sp³-hybridized carbons (Fsp3) is 0.161. The number of aryl methyl sites for hydroxylation is 1. The Hall–Kier alpha value is -5.60. The topological polar surface area (TPSA) is 165 Å². The van der Waals surface area contributed by atoms with E-state index in [0.717, 1.165) is 6.08 Å². The molecule has 0 bridgehead atoms. The van der Waals surface area contributed by atoms with Crippen molar-refractivity contribution in [3.8, 4) is 11.5 Å². The summed E-state index contributed by atoms with van der Waals surface area (Å²) in [7, 11) is 0. The van der Waals surface area contributed by atoms with Gasteiger partial charge in [-0.25, -0.2) is 19.8 Å². The molecule has 0 unspecified atom stereocenters. The molecule has 0 aliphatic heterocycles. The van der Waals surface area contributed by atoms with Crippen LogP contribution < -0.4 is 25.6 Å². The van der Waals surface area contributed by atoms with Crippen LogP contribution in [0.1, 0.15) is 24.1 Å². The number of halogens is 2. The molecule has 2 aromatic heterocycles. The molecule has 0 atom stereocenters. The van der Waals surface area contributed by atoms with Crippen LogP contribution >= 0.6 is 11.6 Å². The van der Waals surface area contributed by atoms with Gasteiger partial charge in [0.15, 0.2) is 0 Å². The molecule has 5 aromatic rings. The highest BCUT2D eigenvalue weighted by molar-refractivity contribution is 6.32. The van der Waals surface area contributed by atoms with Crippen molar-refractivity contribution in [2.45, 2.75) is 32.6 Å². The lowest BCUT2D eigenvalue weighted by molar-refractivity contribution is -0.129. The van der Waals surface area contributed by atoms with Gasteiger partial charge in [0, 0.05) is 30.1 Å². The second kappa shape index (κ2) is 14.9. The van der Waals surface area contributed by atoms with Crippen molar-refractivity contribution in [1.29, 1.82) is 0 Å². The maximum atomic E-state index is 13.5. The van der Waals surface area contributed by atoms with Crippen LogP contribution in [0.5, 0.6) is 11.5 Å². The summed E-state index contributed by atoms with van der Waals surface area (Å²) >= 11 is 6.48. The average molecular weight is 647 g/mol. The van der Waals surface area contributed by atoms with E-state index in [1.54, 1.807) is 58.8 Å². The minimum absolute atomic E-state index is 0.0297. The lowest BCUT2D eigenvalue weighted by atomic mass is 10.1. The molecule has 46 heavy (non-hydrogen) atoms. The van der Waals surface area contributed by atoms with E-state index in [4.69, 9.17) is 26.3 Å². The summed E-state index contributed by atoms with van der Waals surface area (Å²) in [6.07, 6.45) is 4.78. The number of anilines is 3. The predicted molar refractivity (Wildman–Crippen MR) is 167 cm³/mol. The van der Waals surface area contributed by atoms with Crippen LogP contribution in [-0.2, 0) is 29.3 Å². The zero-order valence-electron chi connectivity index (χ0n) is 24.2. The van der Waals surface area contributed by atoms with Crippen molar-refractivity contribution in [3.63, 3.8) is 0 Å². The van der Waals surface area contributed by atoms with E-state index in [1.165, 1.54) is 18.5 Å². The molecule has 0 radical (unpaired) electrons. The fourth-order valence-electron chi connectivity index (χ4n) is 4.33. The Morgan fingerprint density at radius 2 is 1.91 bits per heavy atom. The molecule has 4 N–H and O–H groups in total. The molecule has 0 spiro atoms. The van der Waals surface area contributed by atoms with Gasteiger partial charge in [-0.15, -0.1) is 5.10 Å². The highest BCUT2D eigenvalue weighted by Gasteiger charge is 2.15. The summed E-state index contributed by atoms with van der Waals surface area (Å²) in [4.78, 5) is 32.2. The zero-order valence-corrected chi connectivity index (χ0v) is 25.0. The SMILES string of the molecule is C=CC(=O)Nc1cc2c(Nc3ccc(OCc4cccc(F)c4)c(Cl)c3)ncnc2cc1OCc1cn(CCCC(=O)NO)nn1. The first-order valence-electron chi connectivity index (χ1n) is 13.9. The minimum Gasteiger partial charge on any atom is -0.487 e. The van der Waals surface area contributed by atoms with E-state index in [0.29, 0.717) is 68.8 Å². The van der Waals surface area contributed by atoms with Crippen molar-refractivity contribution >= 4 is 51.5 Å². The molecule has 2 heterocycles. The summed E-state index contributed by atoms with van der Waals surface area (Å²) in [5.41, 5.74) is 4.25. The number of hydrogen-bond donors (Lipinski definition) is 4. The second-order valence-corrected chi connectivity index (χ2v) is 10.3. The molecular formula is C31H28ClFN8O5. The molecule has 0 fully saturated rings. The predicted octanol–water partition coefficient (Wildman–Crippen LogP) is 5.33. The monoisotopic (exact) mass is 646 g/mol. The standard InChI is InChI=1S/C31H28ClFN8O5/c1-2-29(42)37-26-13-23-25(14-28(26)46-17-22-15-41(40-38-22)10-4-7-30(43)39-44)34-18-35-31(23)36-21-8-9-27(24(32)12-21)45-16-19-5-3-6-20(33)11-19/h2-3,5-6,8-9,11-15,18,44H,1,4,7,10,16-17H2,(H,37,42)(H,39,43)(H,34,35,36). The van der Waals surface area contributed by atoms with Crippen LogP contribution in [0.4, 0.5) is 21.6 Å². The molecule has 2 amide bonds. The lowest BCUT2D eigenvalue weighted by Crippen LogP contribution is -2.18. The first-order valence-corrected chi connectivity index (χ1v) is 14.3. The number of nitrogens with one attached hydrogen (secondary N) is 3. The number of carbonyl (C=O) groups excluding carboxylic acids is 2. The Morgan fingerprint density at radius 3 is 2.70 bits per heavy atom. The Balaban J connectivity index is 1.32. The number of nitrogens with zero attached hydrogens (tertiary/aromatic N) is 5. The maximum absolute atomic E-state index is 13.5. The van der Waals surface area contributed by atoms with Gasteiger partial charge in [-0.2, -0.15) is 0 Å². The number of benzene rings is 3. The number of aromatic nitrogens is 5. The van der Waals surface area contributed by atoms with E-state index in [-0.39, 0.29) is 25.5 Å². The van der Waals surface area contributed by atoms with Gasteiger partial charge >= 0.3 is 0 Å². The third-order valence-electron chi connectivity index (χ3n) is 6.54. The molecule has 0 saturated heterocycles. The van der Waals surface area contributed by atoms with Crippen LogP contribution in [0.15, 0.2) is 79.8 Å². The summed E-state index contributed by atoms with van der Waals surface area (Å²) in [5.74, 6) is -0.0953. The first kappa shape index (κ1) is 31.8. The number of carbonyl (C=O) groups is 2. The second-order valence-electron chi connectivity index (χ2n) is 9.87. The summed E-state index contributed by atoms with van der Waals surface area (Å²) in [5, 5.41) is 23.6. The van der Waals surface area contributed by atoms with Gasteiger partial charge in [-0.05, 0) is 54.5 Å². The Morgan fingerprint density at radius 1 is 1.07 bits per heavy atom. The van der Waals surface area contributed by atoms with Gasteiger partial charge in [-0.3, -0.25) is 19.5 Å². The van der Waals surface area contributed by atoms with Crippen molar-refractivity contribution in [3.05, 3.63) is 102 Å². The Bertz CT molecular complexity index is 1890. The van der Waals surface area contributed by atoms with Gasteiger partial charge < -0.3 is 20.1 Å². The molecule has 15 heteroatoms. The smallest absolute Gasteiger partial charge is 0.247 e. The van der Waals surface area contributed by atoms with Gasteiger partial charge in [0.25, 0.3) is 0 Å². The zero-order chi connectivity index (χ0) is 32.5. The molecule has 236 valence electrons. The average Bonchev–Trinajstić information content (AvgIpc) is 3.51. The number of hydrogen-bond acceptors (Lipinski definition) is 10. The van der Waals surface area contributed by atoms with Gasteiger partial charge in [0.05, 0.1) is 22.4 Å². The Labute approximate surface area is 267 Å². The summed E-state index contributed by atoms with van der Waals surface area (Å²) in [6.45, 7) is 4.11. The number of hydroxylamine groups is 1. The van der Waals surface area contributed by atoms with Crippen LogP contribution in [0.2, 0.25) is 5.02 Å². The van der Waals surface area contributed by atoms with E-state index in [2.05, 4.69) is 37.5 Å². The van der Waals surface area contributed by atoms with E-state index in [9.17, 15) is 14.0 Å². The number of rotatable bonds is 14. The number of amides is 2. The molecule has 0 saturated carbocycles. The summed E-state index contributed by atoms with van der Waals surface area (Å²) in [6, 6.07) is 14.6. The summed E-state index contributed by atoms with van der Waals surface area (Å²) < 4.78 is 26.8. The lowest BCUT2D eigenvalue weighted by Gasteiger charge is -2.15. The first-order chi connectivity index (χ1) is 22.3. The third kappa shape index (κ3) is 8.31. The Kier molecular flexibility index (Phi) is 10.3. The normalized spacial score (nSPS) is 10.8. The van der Waals surface area contributed by atoms with Crippen molar-refractivity contribution in [2.24, 2.45) is 0 Å². The van der Waals surface area contributed by atoms with Crippen LogP contribution in [0.3, 0.4) is 0 Å².